The monoisotopic (exact) mass is 402 g/mol. The van der Waals surface area contributed by atoms with Crippen molar-refractivity contribution in [1.29, 1.82) is 0 Å². The number of unbranched alkanes of at least 4 members (excludes halogenated alkanes) is 3. The van der Waals surface area contributed by atoms with Crippen LogP contribution in [-0.4, -0.2) is 9.55 Å². The van der Waals surface area contributed by atoms with Crippen molar-refractivity contribution in [1.82, 2.24) is 9.55 Å². The Morgan fingerprint density at radius 1 is 0.867 bits per heavy atom. The van der Waals surface area contributed by atoms with Gasteiger partial charge in [-0.25, -0.2) is 4.98 Å². The maximum Gasteiger partial charge on any atom is 0.112 e. The van der Waals surface area contributed by atoms with Gasteiger partial charge < -0.3 is 4.57 Å². The summed E-state index contributed by atoms with van der Waals surface area (Å²) >= 11 is 0. The first-order valence-electron chi connectivity index (χ1n) is 11.8. The highest BCUT2D eigenvalue weighted by molar-refractivity contribution is 5.33. The van der Waals surface area contributed by atoms with Crippen molar-refractivity contribution in [2.75, 3.05) is 0 Å². The molecule has 0 aliphatic carbocycles. The number of aromatic nitrogens is 2. The summed E-state index contributed by atoms with van der Waals surface area (Å²) in [4.78, 5) is 4.94. The molecule has 1 aromatic heterocycles. The van der Waals surface area contributed by atoms with Gasteiger partial charge >= 0.3 is 0 Å². The van der Waals surface area contributed by atoms with Gasteiger partial charge in [-0.15, -0.1) is 0 Å². The van der Waals surface area contributed by atoms with E-state index in [0.29, 0.717) is 5.92 Å². The minimum atomic E-state index is -0.00829. The van der Waals surface area contributed by atoms with Gasteiger partial charge in [-0.3, -0.25) is 0 Å². The summed E-state index contributed by atoms with van der Waals surface area (Å²) in [6.07, 6.45) is 12.6. The molecule has 0 N–H and O–H groups in total. The van der Waals surface area contributed by atoms with E-state index in [0.717, 1.165) is 13.0 Å². The van der Waals surface area contributed by atoms with Crippen LogP contribution in [0.25, 0.3) is 0 Å². The van der Waals surface area contributed by atoms with Crippen LogP contribution >= 0.6 is 0 Å². The van der Waals surface area contributed by atoms with Crippen LogP contribution in [0, 0.1) is 0 Å². The standard InChI is InChI=1S/C28H38N2/c1-4-6-14-21-30-22-20-29-27(30)26(19-7-5-2)28(3,25-17-12-9-13-18-25)23-24-15-10-8-11-16-24/h8-13,15-18,20,22,26H,4-7,14,19,21,23H2,1-3H3. The fraction of sp³-hybridized carbons (Fsp3) is 0.464. The Labute approximate surface area is 183 Å². The molecule has 0 bridgehead atoms. The molecule has 0 radical (unpaired) electrons. The molecule has 2 nitrogen and oxygen atoms in total. The van der Waals surface area contributed by atoms with Crippen LogP contribution in [0.15, 0.2) is 73.1 Å². The zero-order valence-corrected chi connectivity index (χ0v) is 19.1. The normalized spacial score (nSPS) is 14.4. The van der Waals surface area contributed by atoms with E-state index in [-0.39, 0.29) is 5.41 Å². The summed E-state index contributed by atoms with van der Waals surface area (Å²) in [5, 5.41) is 0. The third kappa shape index (κ3) is 5.41. The van der Waals surface area contributed by atoms with Crippen LogP contribution in [0.2, 0.25) is 0 Å². The number of hydrogen-bond donors (Lipinski definition) is 0. The van der Waals surface area contributed by atoms with E-state index in [1.807, 2.05) is 6.20 Å². The van der Waals surface area contributed by atoms with Crippen molar-refractivity contribution < 1.29 is 0 Å². The molecule has 160 valence electrons. The SMILES string of the molecule is CCCCCn1ccnc1C(CCCC)C(C)(Cc1ccccc1)c1ccccc1. The van der Waals surface area contributed by atoms with Crippen molar-refractivity contribution in [3.05, 3.63) is 90.0 Å². The molecule has 2 aromatic carbocycles. The van der Waals surface area contributed by atoms with E-state index >= 15 is 0 Å². The number of imidazole rings is 1. The highest BCUT2D eigenvalue weighted by Gasteiger charge is 2.39. The zero-order valence-electron chi connectivity index (χ0n) is 19.1. The lowest BCUT2D eigenvalue weighted by Gasteiger charge is -2.39. The lowest BCUT2D eigenvalue weighted by Crippen LogP contribution is -2.35. The second-order valence-corrected chi connectivity index (χ2v) is 8.83. The Hall–Kier alpha value is -2.35. The number of rotatable bonds is 12. The maximum absolute atomic E-state index is 4.94. The lowest BCUT2D eigenvalue weighted by atomic mass is 9.66. The van der Waals surface area contributed by atoms with Gasteiger partial charge in [0.15, 0.2) is 0 Å². The molecule has 2 unspecified atom stereocenters. The number of benzene rings is 2. The molecule has 0 saturated heterocycles. The van der Waals surface area contributed by atoms with Gasteiger partial charge in [-0.05, 0) is 30.4 Å². The predicted octanol–water partition coefficient (Wildman–Crippen LogP) is 7.55. The third-order valence-electron chi connectivity index (χ3n) is 6.52. The van der Waals surface area contributed by atoms with Gasteiger partial charge in [0.05, 0.1) is 0 Å². The smallest absolute Gasteiger partial charge is 0.112 e. The fourth-order valence-corrected chi connectivity index (χ4v) is 4.76. The van der Waals surface area contributed by atoms with Crippen LogP contribution in [0.4, 0.5) is 0 Å². The number of hydrogen-bond acceptors (Lipinski definition) is 1. The molecule has 0 spiro atoms. The molecule has 1 heterocycles. The predicted molar refractivity (Wildman–Crippen MR) is 128 cm³/mol. The van der Waals surface area contributed by atoms with Crippen molar-refractivity contribution in [3.8, 4) is 0 Å². The van der Waals surface area contributed by atoms with E-state index in [1.165, 1.54) is 55.5 Å². The molecule has 0 aliphatic heterocycles. The molecule has 30 heavy (non-hydrogen) atoms. The van der Waals surface area contributed by atoms with Crippen molar-refractivity contribution in [2.24, 2.45) is 0 Å². The molecular formula is C28H38N2. The van der Waals surface area contributed by atoms with Gasteiger partial charge in [0.1, 0.15) is 5.82 Å². The Morgan fingerprint density at radius 2 is 1.53 bits per heavy atom. The highest BCUT2D eigenvalue weighted by Crippen LogP contribution is 2.44. The number of nitrogens with zero attached hydrogens (tertiary/aromatic N) is 2. The molecule has 0 aliphatic rings. The maximum atomic E-state index is 4.94. The first-order chi connectivity index (χ1) is 14.7. The van der Waals surface area contributed by atoms with Crippen LogP contribution in [0.1, 0.15) is 82.2 Å². The van der Waals surface area contributed by atoms with E-state index in [4.69, 9.17) is 4.98 Å². The minimum Gasteiger partial charge on any atom is -0.335 e. The molecule has 2 heteroatoms. The third-order valence-corrected chi connectivity index (χ3v) is 6.52. The molecule has 3 aromatic rings. The quantitative estimate of drug-likeness (QED) is 0.286. The molecule has 0 amide bonds. The average molecular weight is 403 g/mol. The van der Waals surface area contributed by atoms with E-state index in [2.05, 4.69) is 92.2 Å². The van der Waals surface area contributed by atoms with Crippen molar-refractivity contribution >= 4 is 0 Å². The summed E-state index contributed by atoms with van der Waals surface area (Å²) in [5.74, 6) is 1.65. The second-order valence-electron chi connectivity index (χ2n) is 8.83. The highest BCUT2D eigenvalue weighted by atomic mass is 15.1. The molecule has 2 atom stereocenters. The van der Waals surface area contributed by atoms with Crippen LogP contribution in [-0.2, 0) is 18.4 Å². The van der Waals surface area contributed by atoms with Crippen molar-refractivity contribution in [2.45, 2.75) is 83.6 Å². The first-order valence-corrected chi connectivity index (χ1v) is 11.8. The Bertz CT molecular complexity index is 853. The summed E-state index contributed by atoms with van der Waals surface area (Å²) in [6.45, 7) is 8.09. The van der Waals surface area contributed by atoms with Gasteiger partial charge in [0.25, 0.3) is 0 Å². The molecule has 0 saturated carbocycles. The van der Waals surface area contributed by atoms with Crippen LogP contribution in [0.3, 0.4) is 0 Å². The van der Waals surface area contributed by atoms with Gasteiger partial charge in [-0.2, -0.15) is 0 Å². The molecular weight excluding hydrogens is 364 g/mol. The summed E-state index contributed by atoms with van der Waals surface area (Å²) in [6, 6.07) is 22.1. The van der Waals surface area contributed by atoms with E-state index in [1.54, 1.807) is 0 Å². The van der Waals surface area contributed by atoms with Gasteiger partial charge in [0, 0.05) is 30.3 Å². The summed E-state index contributed by atoms with van der Waals surface area (Å²) < 4.78 is 2.43. The zero-order chi connectivity index (χ0) is 21.2. The average Bonchev–Trinajstić information content (AvgIpc) is 3.23. The van der Waals surface area contributed by atoms with Crippen LogP contribution < -0.4 is 0 Å². The summed E-state index contributed by atoms with van der Waals surface area (Å²) in [7, 11) is 0. The lowest BCUT2D eigenvalue weighted by molar-refractivity contribution is 0.324. The Morgan fingerprint density at radius 3 is 2.20 bits per heavy atom. The first kappa shape index (κ1) is 22.3. The second kappa shape index (κ2) is 11.2. The largest absolute Gasteiger partial charge is 0.335 e. The van der Waals surface area contributed by atoms with Crippen LogP contribution in [0.5, 0.6) is 0 Å². The summed E-state index contributed by atoms with van der Waals surface area (Å²) in [5.41, 5.74) is 2.80. The van der Waals surface area contributed by atoms with E-state index < -0.39 is 0 Å². The van der Waals surface area contributed by atoms with Crippen molar-refractivity contribution in [3.63, 3.8) is 0 Å². The Kier molecular flexibility index (Phi) is 8.30. The van der Waals surface area contributed by atoms with Gasteiger partial charge in [0.2, 0.25) is 0 Å². The molecule has 0 fully saturated rings. The fourth-order valence-electron chi connectivity index (χ4n) is 4.76. The number of aryl methyl sites for hydroxylation is 1. The topological polar surface area (TPSA) is 17.8 Å². The van der Waals surface area contributed by atoms with Gasteiger partial charge in [-0.1, -0.05) is 107 Å². The minimum absolute atomic E-state index is 0.00829. The van der Waals surface area contributed by atoms with E-state index in [9.17, 15) is 0 Å². The molecule has 3 rings (SSSR count). The Balaban J connectivity index is 2.03.